The average molecular weight is 647 g/mol. The number of ether oxygens (including phenoxy) is 5. The maximum absolute atomic E-state index is 14.4. The number of hydrogen-bond acceptors (Lipinski definition) is 9. The van der Waals surface area contributed by atoms with Crippen molar-refractivity contribution in [1.29, 1.82) is 0 Å². The van der Waals surface area contributed by atoms with Gasteiger partial charge in [0, 0.05) is 19.2 Å². The number of phenols is 1. The number of nitrogens with one attached hydrogen (secondary N) is 1. The molecule has 4 aromatic carbocycles. The number of nitrogens with zero attached hydrogens (tertiary/aromatic N) is 1. The first-order valence-corrected chi connectivity index (χ1v) is 16.1. The Labute approximate surface area is 267 Å². The van der Waals surface area contributed by atoms with E-state index in [1.807, 2.05) is 18.2 Å². The smallest absolute Gasteiger partial charge is 0.255 e. The molecular weight excluding hydrogens is 612 g/mol. The molecule has 3 aliphatic heterocycles. The zero-order valence-electron chi connectivity index (χ0n) is 25.6. The molecule has 2 N–H and O–H groups in total. The van der Waals surface area contributed by atoms with Crippen LogP contribution in [0.15, 0.2) is 77.7 Å². The number of hydrogen-bond donors (Lipinski definition) is 2. The predicted octanol–water partition coefficient (Wildman–Crippen LogP) is 5.06. The third-order valence-corrected chi connectivity index (χ3v) is 9.94. The summed E-state index contributed by atoms with van der Waals surface area (Å²) >= 11 is 0. The zero-order chi connectivity index (χ0) is 32.4. The lowest BCUT2D eigenvalue weighted by Crippen LogP contribution is -2.40. The summed E-state index contributed by atoms with van der Waals surface area (Å²) in [5.41, 5.74) is 2.46. The number of benzene rings is 4. The van der Waals surface area contributed by atoms with E-state index in [0.717, 1.165) is 11.1 Å². The second kappa shape index (κ2) is 12.8. The van der Waals surface area contributed by atoms with Crippen molar-refractivity contribution in [2.75, 3.05) is 41.0 Å². The Balaban J connectivity index is 1.48. The van der Waals surface area contributed by atoms with Gasteiger partial charge in [0.15, 0.2) is 23.0 Å². The fourth-order valence-electron chi connectivity index (χ4n) is 5.79. The highest BCUT2D eigenvalue weighted by molar-refractivity contribution is 7.89. The van der Waals surface area contributed by atoms with Gasteiger partial charge in [0.25, 0.3) is 5.91 Å². The van der Waals surface area contributed by atoms with Gasteiger partial charge in [-0.1, -0.05) is 12.1 Å². The van der Waals surface area contributed by atoms with E-state index in [1.54, 1.807) is 30.3 Å². The van der Waals surface area contributed by atoms with Crippen molar-refractivity contribution >= 4 is 15.9 Å². The molecule has 0 saturated heterocycles. The Morgan fingerprint density at radius 2 is 1.61 bits per heavy atom. The van der Waals surface area contributed by atoms with Gasteiger partial charge >= 0.3 is 0 Å². The highest BCUT2D eigenvalue weighted by Crippen LogP contribution is 2.43. The van der Waals surface area contributed by atoms with Gasteiger partial charge in [0.1, 0.15) is 17.2 Å². The zero-order valence-corrected chi connectivity index (χ0v) is 26.4. The molecule has 0 radical (unpaired) electrons. The summed E-state index contributed by atoms with van der Waals surface area (Å²) in [6.45, 7) is 0.715. The van der Waals surface area contributed by atoms with Gasteiger partial charge in [-0.15, -0.1) is 0 Å². The molecule has 4 aromatic rings. The molecule has 0 fully saturated rings. The normalized spacial score (nSPS) is 16.7. The highest BCUT2D eigenvalue weighted by Gasteiger charge is 2.38. The molecule has 240 valence electrons. The lowest BCUT2D eigenvalue weighted by molar-refractivity contribution is 0.0948. The number of methoxy groups -OCH3 is 3. The minimum Gasteiger partial charge on any atom is -0.507 e. The molecule has 12 heteroatoms. The van der Waals surface area contributed by atoms with Crippen molar-refractivity contribution in [3.63, 3.8) is 0 Å². The SMILES string of the molecule is COc1ccc(S(=O)(=O)N2CCc3cc4ccc3C2c2ccc(OC)c(c2)OCCCNC(=O)c2cc(ccc2O)O4)cc1OC. The Bertz CT molecular complexity index is 1890. The second-order valence-electron chi connectivity index (χ2n) is 10.8. The van der Waals surface area contributed by atoms with Crippen LogP contribution in [0, 0.1) is 0 Å². The van der Waals surface area contributed by atoms with Crippen molar-refractivity contribution in [3.8, 4) is 40.2 Å². The van der Waals surface area contributed by atoms with Crippen LogP contribution in [0.25, 0.3) is 0 Å². The average Bonchev–Trinajstić information content (AvgIpc) is 3.07. The number of sulfonamides is 1. The van der Waals surface area contributed by atoms with Gasteiger partial charge in [-0.05, 0) is 84.1 Å². The minimum atomic E-state index is -4.04. The molecule has 46 heavy (non-hydrogen) atoms. The first-order valence-electron chi connectivity index (χ1n) is 14.7. The Morgan fingerprint density at radius 3 is 2.39 bits per heavy atom. The van der Waals surface area contributed by atoms with Gasteiger partial charge < -0.3 is 34.1 Å². The van der Waals surface area contributed by atoms with Crippen molar-refractivity contribution in [3.05, 3.63) is 95.1 Å². The van der Waals surface area contributed by atoms with Crippen LogP contribution in [0.4, 0.5) is 0 Å². The Morgan fingerprint density at radius 1 is 0.870 bits per heavy atom. The van der Waals surface area contributed by atoms with Crippen molar-refractivity contribution in [2.24, 2.45) is 0 Å². The topological polar surface area (TPSA) is 133 Å². The molecule has 1 unspecified atom stereocenters. The summed E-state index contributed by atoms with van der Waals surface area (Å²) < 4.78 is 58.7. The first kappa shape index (κ1) is 31.1. The van der Waals surface area contributed by atoms with Crippen LogP contribution in [-0.2, 0) is 16.4 Å². The van der Waals surface area contributed by atoms with E-state index in [4.69, 9.17) is 23.7 Å². The molecule has 1 amide bonds. The third kappa shape index (κ3) is 5.88. The van der Waals surface area contributed by atoms with Crippen molar-refractivity contribution in [2.45, 2.75) is 23.8 Å². The summed E-state index contributed by atoms with van der Waals surface area (Å²) in [5.74, 6) is 1.93. The molecule has 8 bridgehead atoms. The molecule has 0 saturated carbocycles. The van der Waals surface area contributed by atoms with Crippen LogP contribution < -0.4 is 29.0 Å². The molecule has 0 spiro atoms. The quantitative estimate of drug-likeness (QED) is 0.305. The van der Waals surface area contributed by atoms with Crippen LogP contribution in [0.3, 0.4) is 0 Å². The van der Waals surface area contributed by atoms with Gasteiger partial charge in [-0.3, -0.25) is 4.79 Å². The number of fused-ring (bicyclic) bond motifs is 6. The van der Waals surface area contributed by atoms with E-state index in [9.17, 15) is 18.3 Å². The number of aromatic hydroxyl groups is 1. The van der Waals surface area contributed by atoms with Crippen molar-refractivity contribution in [1.82, 2.24) is 9.62 Å². The van der Waals surface area contributed by atoms with E-state index in [2.05, 4.69) is 5.32 Å². The fraction of sp³-hybridized carbons (Fsp3) is 0.265. The maximum atomic E-state index is 14.4. The van der Waals surface area contributed by atoms with Gasteiger partial charge in [-0.25, -0.2) is 8.42 Å². The highest BCUT2D eigenvalue weighted by atomic mass is 32.2. The fourth-order valence-corrected chi connectivity index (χ4v) is 7.40. The molecule has 0 aliphatic carbocycles. The Kier molecular flexibility index (Phi) is 8.65. The number of carbonyl (C=O) groups is 1. The van der Waals surface area contributed by atoms with Crippen LogP contribution in [-0.4, -0.2) is 64.8 Å². The van der Waals surface area contributed by atoms with E-state index < -0.39 is 22.0 Å². The summed E-state index contributed by atoms with van der Waals surface area (Å²) in [6, 6.07) is 19.2. The lowest BCUT2D eigenvalue weighted by atomic mass is 9.89. The lowest BCUT2D eigenvalue weighted by Gasteiger charge is -2.37. The summed E-state index contributed by atoms with van der Waals surface area (Å²) in [7, 11) is 0.445. The molecule has 3 aliphatic rings. The summed E-state index contributed by atoms with van der Waals surface area (Å²) in [5, 5.41) is 13.1. The largest absolute Gasteiger partial charge is 0.507 e. The van der Waals surface area contributed by atoms with Crippen molar-refractivity contribution < 1.29 is 42.0 Å². The van der Waals surface area contributed by atoms with E-state index >= 15 is 0 Å². The van der Waals surface area contributed by atoms with Gasteiger partial charge in [-0.2, -0.15) is 4.31 Å². The molecule has 7 rings (SSSR count). The standard InChI is InChI=1S/C34H34N2O9S/c1-41-29-12-8-25(20-31(29)43-3)46(39,40)36-15-13-21-17-23-6-9-26(21)33(36)22-5-11-30(42-2)32(18-22)44-16-4-14-35-34(38)27-19-24(45-23)7-10-28(27)37/h5-12,17-20,33,37H,4,13-16H2,1-3H3,(H,35,38). The summed E-state index contributed by atoms with van der Waals surface area (Å²) in [6.07, 6.45) is 0.878. The molecule has 3 heterocycles. The van der Waals surface area contributed by atoms with E-state index in [1.165, 1.54) is 49.9 Å². The number of rotatable bonds is 5. The van der Waals surface area contributed by atoms with E-state index in [-0.39, 0.29) is 35.9 Å². The van der Waals surface area contributed by atoms with Crippen LogP contribution in [0.2, 0.25) is 0 Å². The summed E-state index contributed by atoms with van der Waals surface area (Å²) in [4.78, 5) is 12.9. The maximum Gasteiger partial charge on any atom is 0.255 e. The predicted molar refractivity (Wildman–Crippen MR) is 169 cm³/mol. The molecule has 11 nitrogen and oxygen atoms in total. The van der Waals surface area contributed by atoms with Crippen LogP contribution in [0.1, 0.15) is 39.5 Å². The van der Waals surface area contributed by atoms with Crippen LogP contribution in [0.5, 0.6) is 40.2 Å². The number of phenolic OH excluding ortho intramolecular Hbond substituents is 1. The molecule has 1 atom stereocenters. The first-order chi connectivity index (χ1) is 22.2. The number of carbonyl (C=O) groups excluding carboxylic acids is 1. The number of amides is 1. The monoisotopic (exact) mass is 646 g/mol. The second-order valence-corrected chi connectivity index (χ2v) is 12.7. The molecule has 0 aromatic heterocycles. The van der Waals surface area contributed by atoms with E-state index in [0.29, 0.717) is 52.9 Å². The van der Waals surface area contributed by atoms with Crippen LogP contribution >= 0.6 is 0 Å². The Hall–Kier alpha value is -4.94. The van der Waals surface area contributed by atoms with Gasteiger partial charge in [0.05, 0.1) is 44.4 Å². The minimum absolute atomic E-state index is 0.0724. The molecular formula is C34H34N2O9S. The third-order valence-electron chi connectivity index (χ3n) is 8.08. The van der Waals surface area contributed by atoms with Gasteiger partial charge in [0.2, 0.25) is 10.0 Å².